The Balaban J connectivity index is 1.50. The van der Waals surface area contributed by atoms with Crippen LogP contribution in [0.3, 0.4) is 0 Å². The number of methoxy groups -OCH3 is 1. The van der Waals surface area contributed by atoms with Gasteiger partial charge >= 0.3 is 0 Å². The van der Waals surface area contributed by atoms with Gasteiger partial charge in [0.15, 0.2) is 22.4 Å². The molecule has 2 heterocycles. The van der Waals surface area contributed by atoms with Crippen molar-refractivity contribution in [2.24, 2.45) is 0 Å². The number of hydrogen-bond donors (Lipinski definition) is 0. The second-order valence-electron chi connectivity index (χ2n) is 7.32. The number of benzene rings is 3. The number of fused-ring (bicyclic) bond motifs is 2. The first-order chi connectivity index (χ1) is 16.1. The summed E-state index contributed by atoms with van der Waals surface area (Å²) >= 11 is 1.21. The second kappa shape index (κ2) is 8.99. The summed E-state index contributed by atoms with van der Waals surface area (Å²) in [6.07, 6.45) is 0. The summed E-state index contributed by atoms with van der Waals surface area (Å²) in [5.74, 6) is 1.82. The summed E-state index contributed by atoms with van der Waals surface area (Å²) in [5.41, 5.74) is 1.51. The molecule has 0 bridgehead atoms. The van der Waals surface area contributed by atoms with Crippen LogP contribution in [0.25, 0.3) is 16.6 Å². The van der Waals surface area contributed by atoms with Crippen LogP contribution in [0.5, 0.6) is 17.2 Å². The maximum Gasteiger partial charge on any atom is 0.266 e. The third-order valence-electron chi connectivity index (χ3n) is 5.25. The highest BCUT2D eigenvalue weighted by atomic mass is 32.2. The van der Waals surface area contributed by atoms with Gasteiger partial charge < -0.3 is 14.2 Å². The number of ether oxygens (including phenoxy) is 3. The fourth-order valence-corrected chi connectivity index (χ4v) is 4.52. The van der Waals surface area contributed by atoms with E-state index in [1.807, 2.05) is 18.2 Å². The van der Waals surface area contributed by atoms with Crippen molar-refractivity contribution in [3.63, 3.8) is 0 Å². The molecular formula is C25H20N2O5S. The topological polar surface area (TPSA) is 79.7 Å². The van der Waals surface area contributed by atoms with E-state index in [1.54, 1.807) is 55.6 Å². The molecule has 0 unspecified atom stereocenters. The van der Waals surface area contributed by atoms with E-state index in [-0.39, 0.29) is 17.1 Å². The van der Waals surface area contributed by atoms with E-state index in [4.69, 9.17) is 19.2 Å². The minimum absolute atomic E-state index is 0.100. The zero-order valence-corrected chi connectivity index (χ0v) is 18.6. The first-order valence-corrected chi connectivity index (χ1v) is 11.3. The van der Waals surface area contributed by atoms with Crippen molar-refractivity contribution in [2.45, 2.75) is 5.16 Å². The third-order valence-corrected chi connectivity index (χ3v) is 6.19. The molecule has 1 aromatic heterocycles. The molecule has 3 aromatic carbocycles. The highest BCUT2D eigenvalue weighted by Crippen LogP contribution is 2.31. The molecule has 1 aliphatic rings. The number of rotatable bonds is 6. The van der Waals surface area contributed by atoms with Gasteiger partial charge in [-0.2, -0.15) is 0 Å². The summed E-state index contributed by atoms with van der Waals surface area (Å²) in [4.78, 5) is 31.0. The molecule has 0 saturated heterocycles. The van der Waals surface area contributed by atoms with Crippen molar-refractivity contribution in [2.75, 3.05) is 26.1 Å². The fourth-order valence-electron chi connectivity index (χ4n) is 3.62. The number of carbonyl (C=O) groups is 1. The predicted molar refractivity (Wildman–Crippen MR) is 126 cm³/mol. The smallest absolute Gasteiger partial charge is 0.266 e. The number of aromatic nitrogens is 2. The van der Waals surface area contributed by atoms with Gasteiger partial charge in [0.25, 0.3) is 5.56 Å². The van der Waals surface area contributed by atoms with E-state index >= 15 is 0 Å². The Labute approximate surface area is 193 Å². The number of nitrogens with zero attached hydrogens (tertiary/aromatic N) is 2. The van der Waals surface area contributed by atoms with E-state index in [0.29, 0.717) is 57.8 Å². The Morgan fingerprint density at radius 1 is 1.03 bits per heavy atom. The summed E-state index contributed by atoms with van der Waals surface area (Å²) in [6.45, 7) is 0.943. The molecule has 0 N–H and O–H groups in total. The van der Waals surface area contributed by atoms with E-state index in [9.17, 15) is 9.59 Å². The van der Waals surface area contributed by atoms with Crippen LogP contribution >= 0.6 is 11.8 Å². The van der Waals surface area contributed by atoms with Crippen molar-refractivity contribution in [3.05, 3.63) is 82.6 Å². The molecule has 166 valence electrons. The lowest BCUT2D eigenvalue weighted by molar-refractivity contribution is 0.102. The minimum atomic E-state index is -0.205. The minimum Gasteiger partial charge on any atom is -0.497 e. The highest BCUT2D eigenvalue weighted by molar-refractivity contribution is 7.99. The monoisotopic (exact) mass is 460 g/mol. The van der Waals surface area contributed by atoms with Crippen LogP contribution in [0.4, 0.5) is 0 Å². The molecule has 0 radical (unpaired) electrons. The van der Waals surface area contributed by atoms with Gasteiger partial charge in [-0.15, -0.1) is 0 Å². The predicted octanol–water partition coefficient (Wildman–Crippen LogP) is 4.14. The largest absolute Gasteiger partial charge is 0.497 e. The van der Waals surface area contributed by atoms with Gasteiger partial charge in [-0.25, -0.2) is 4.98 Å². The summed E-state index contributed by atoms with van der Waals surface area (Å²) < 4.78 is 18.0. The number of Topliss-reactive ketones (excluding diaryl/α,β-unsaturated/α-hetero) is 1. The molecule has 4 aromatic rings. The Kier molecular flexibility index (Phi) is 5.75. The summed E-state index contributed by atoms with van der Waals surface area (Å²) in [6, 6.07) is 19.5. The van der Waals surface area contributed by atoms with Crippen LogP contribution in [-0.4, -0.2) is 41.4 Å². The average molecular weight is 461 g/mol. The molecule has 33 heavy (non-hydrogen) atoms. The molecule has 0 spiro atoms. The van der Waals surface area contributed by atoms with Crippen molar-refractivity contribution in [3.8, 4) is 22.9 Å². The van der Waals surface area contributed by atoms with E-state index in [2.05, 4.69) is 0 Å². The zero-order valence-electron chi connectivity index (χ0n) is 17.8. The first kappa shape index (κ1) is 21.1. The highest BCUT2D eigenvalue weighted by Gasteiger charge is 2.18. The van der Waals surface area contributed by atoms with Gasteiger partial charge in [0, 0.05) is 11.6 Å². The molecular weight excluding hydrogens is 440 g/mol. The van der Waals surface area contributed by atoms with E-state index in [0.717, 1.165) is 0 Å². The average Bonchev–Trinajstić information content (AvgIpc) is 2.87. The normalized spacial score (nSPS) is 12.5. The zero-order chi connectivity index (χ0) is 22.8. The quantitative estimate of drug-likeness (QED) is 0.243. The van der Waals surface area contributed by atoms with Crippen LogP contribution in [0.2, 0.25) is 0 Å². The van der Waals surface area contributed by atoms with Crippen molar-refractivity contribution in [1.29, 1.82) is 0 Å². The van der Waals surface area contributed by atoms with Crippen molar-refractivity contribution >= 4 is 28.4 Å². The molecule has 8 heteroatoms. The van der Waals surface area contributed by atoms with Gasteiger partial charge in [-0.1, -0.05) is 30.0 Å². The lowest BCUT2D eigenvalue weighted by Gasteiger charge is -2.18. The number of carbonyl (C=O) groups excluding carboxylic acids is 1. The van der Waals surface area contributed by atoms with Crippen LogP contribution in [-0.2, 0) is 0 Å². The van der Waals surface area contributed by atoms with Crippen molar-refractivity contribution < 1.29 is 19.0 Å². The van der Waals surface area contributed by atoms with Gasteiger partial charge in [0.05, 0.1) is 29.5 Å². The van der Waals surface area contributed by atoms with Crippen LogP contribution in [0, 0.1) is 0 Å². The lowest BCUT2D eigenvalue weighted by Crippen LogP contribution is -2.22. The SMILES string of the molecule is COc1cccc(-n2c(SCC(=O)c3ccc4c(c3)OCCO4)nc3ccccc3c2=O)c1. The molecule has 0 saturated carbocycles. The van der Waals surface area contributed by atoms with Crippen molar-refractivity contribution in [1.82, 2.24) is 9.55 Å². The van der Waals surface area contributed by atoms with Gasteiger partial charge in [0.2, 0.25) is 0 Å². The third kappa shape index (κ3) is 4.17. The number of para-hydroxylation sites is 1. The lowest BCUT2D eigenvalue weighted by atomic mass is 10.1. The Morgan fingerprint density at radius 3 is 2.70 bits per heavy atom. The van der Waals surface area contributed by atoms with Gasteiger partial charge in [-0.05, 0) is 42.5 Å². The van der Waals surface area contributed by atoms with Gasteiger partial charge in [-0.3, -0.25) is 14.2 Å². The van der Waals surface area contributed by atoms with Crippen LogP contribution < -0.4 is 19.8 Å². The maximum atomic E-state index is 13.4. The molecule has 0 amide bonds. The Bertz CT molecular complexity index is 1420. The Hall–Kier alpha value is -3.78. The second-order valence-corrected chi connectivity index (χ2v) is 8.27. The molecule has 1 aliphatic heterocycles. The number of ketones is 1. The fraction of sp³-hybridized carbons (Fsp3) is 0.160. The molecule has 0 atom stereocenters. The first-order valence-electron chi connectivity index (χ1n) is 10.4. The van der Waals surface area contributed by atoms with E-state index in [1.165, 1.54) is 16.3 Å². The summed E-state index contributed by atoms with van der Waals surface area (Å²) in [5, 5.41) is 0.931. The molecule has 0 aliphatic carbocycles. The molecule has 5 rings (SSSR count). The van der Waals surface area contributed by atoms with Crippen LogP contribution in [0.1, 0.15) is 10.4 Å². The standard InChI is InChI=1S/C25H20N2O5S/c1-30-18-6-4-5-17(14-18)27-24(29)19-7-2-3-8-20(19)26-25(27)33-15-21(28)16-9-10-22-23(13-16)32-12-11-31-22/h2-10,13-14H,11-12,15H2,1H3. The van der Waals surface area contributed by atoms with Gasteiger partial charge in [0.1, 0.15) is 19.0 Å². The number of hydrogen-bond acceptors (Lipinski definition) is 7. The number of thioether (sulfide) groups is 1. The molecule has 0 fully saturated rings. The Morgan fingerprint density at radius 2 is 1.85 bits per heavy atom. The maximum absolute atomic E-state index is 13.4. The molecule has 7 nitrogen and oxygen atoms in total. The summed E-state index contributed by atoms with van der Waals surface area (Å²) in [7, 11) is 1.57. The van der Waals surface area contributed by atoms with E-state index < -0.39 is 0 Å². The van der Waals surface area contributed by atoms with Crippen LogP contribution in [0.15, 0.2) is 76.7 Å².